The van der Waals surface area contributed by atoms with Gasteiger partial charge in [0.05, 0.1) is 12.7 Å². The molecule has 0 aromatic heterocycles. The molecule has 1 unspecified atom stereocenters. The first-order chi connectivity index (χ1) is 10.1. The predicted molar refractivity (Wildman–Crippen MR) is 89.1 cm³/mol. The van der Waals surface area contributed by atoms with Crippen molar-refractivity contribution in [3.63, 3.8) is 0 Å². The van der Waals surface area contributed by atoms with Crippen LogP contribution in [0.4, 0.5) is 0 Å². The van der Waals surface area contributed by atoms with E-state index < -0.39 is 0 Å². The number of methoxy groups -OCH3 is 1. The molecule has 21 heavy (non-hydrogen) atoms. The largest absolute Gasteiger partial charge is 0.383 e. The number of benzene rings is 1. The van der Waals surface area contributed by atoms with Crippen LogP contribution in [-0.4, -0.2) is 39.5 Å². The van der Waals surface area contributed by atoms with Crippen LogP contribution in [0.2, 0.25) is 5.02 Å². The summed E-state index contributed by atoms with van der Waals surface area (Å²) in [6.07, 6.45) is 2.29. The molecule has 0 saturated heterocycles. The maximum Gasteiger partial charge on any atom is 0.0587 e. The van der Waals surface area contributed by atoms with Crippen molar-refractivity contribution < 1.29 is 9.47 Å². The summed E-state index contributed by atoms with van der Waals surface area (Å²) in [5.74, 6) is 0.514. The van der Waals surface area contributed by atoms with E-state index in [1.165, 1.54) is 5.56 Å². The highest BCUT2D eigenvalue weighted by atomic mass is 35.5. The van der Waals surface area contributed by atoms with Crippen LogP contribution in [0.3, 0.4) is 0 Å². The van der Waals surface area contributed by atoms with Crippen molar-refractivity contribution in [3.8, 4) is 0 Å². The standard InChI is InChI=1S/C17H28ClNO2/c1-14(2)21-10-8-15(13-19-9-11-20-3)12-16-6-4-5-7-17(16)18/h4-7,14-15,19H,8-13H2,1-3H3. The van der Waals surface area contributed by atoms with Gasteiger partial charge in [-0.1, -0.05) is 29.8 Å². The zero-order chi connectivity index (χ0) is 15.5. The first kappa shape index (κ1) is 18.4. The first-order valence-corrected chi connectivity index (χ1v) is 8.06. The molecule has 0 heterocycles. The van der Waals surface area contributed by atoms with Crippen molar-refractivity contribution in [2.24, 2.45) is 5.92 Å². The number of halogens is 1. The van der Waals surface area contributed by atoms with Crippen molar-refractivity contribution in [3.05, 3.63) is 34.9 Å². The van der Waals surface area contributed by atoms with Gasteiger partial charge in [0.15, 0.2) is 0 Å². The molecule has 0 radical (unpaired) electrons. The van der Waals surface area contributed by atoms with Crippen LogP contribution in [0.5, 0.6) is 0 Å². The van der Waals surface area contributed by atoms with E-state index in [1.54, 1.807) is 7.11 Å². The van der Waals surface area contributed by atoms with E-state index in [0.717, 1.165) is 44.2 Å². The summed E-state index contributed by atoms with van der Waals surface area (Å²) in [6, 6.07) is 8.07. The lowest BCUT2D eigenvalue weighted by atomic mass is 9.96. The molecule has 1 aromatic rings. The number of hydrogen-bond donors (Lipinski definition) is 1. The highest BCUT2D eigenvalue weighted by Crippen LogP contribution is 2.20. The Labute approximate surface area is 134 Å². The van der Waals surface area contributed by atoms with Gasteiger partial charge < -0.3 is 14.8 Å². The quantitative estimate of drug-likeness (QED) is 0.634. The minimum atomic E-state index is 0.285. The second-order valence-electron chi connectivity index (χ2n) is 5.57. The molecule has 0 aliphatic rings. The van der Waals surface area contributed by atoms with Gasteiger partial charge in [0, 0.05) is 25.3 Å². The molecule has 3 nitrogen and oxygen atoms in total. The number of rotatable bonds is 11. The zero-order valence-corrected chi connectivity index (χ0v) is 14.2. The molecule has 0 amide bonds. The Morgan fingerprint density at radius 3 is 2.62 bits per heavy atom. The van der Waals surface area contributed by atoms with Crippen LogP contribution in [0.15, 0.2) is 24.3 Å². The van der Waals surface area contributed by atoms with Crippen LogP contribution in [-0.2, 0) is 15.9 Å². The van der Waals surface area contributed by atoms with Crippen LogP contribution < -0.4 is 5.32 Å². The molecule has 1 rings (SSSR count). The van der Waals surface area contributed by atoms with Gasteiger partial charge in [-0.25, -0.2) is 0 Å². The molecule has 0 fully saturated rings. The predicted octanol–water partition coefficient (Wildman–Crippen LogP) is 3.55. The zero-order valence-electron chi connectivity index (χ0n) is 13.4. The van der Waals surface area contributed by atoms with Gasteiger partial charge in [-0.3, -0.25) is 0 Å². The lowest BCUT2D eigenvalue weighted by molar-refractivity contribution is 0.0681. The fraction of sp³-hybridized carbons (Fsp3) is 0.647. The third-order valence-corrected chi connectivity index (χ3v) is 3.73. The lowest BCUT2D eigenvalue weighted by Crippen LogP contribution is -2.28. The van der Waals surface area contributed by atoms with Crippen molar-refractivity contribution in [1.82, 2.24) is 5.32 Å². The molecule has 120 valence electrons. The van der Waals surface area contributed by atoms with E-state index in [-0.39, 0.29) is 6.10 Å². The normalized spacial score (nSPS) is 12.8. The molecule has 1 aromatic carbocycles. The number of nitrogens with one attached hydrogen (secondary N) is 1. The number of ether oxygens (including phenoxy) is 2. The smallest absolute Gasteiger partial charge is 0.0587 e. The summed E-state index contributed by atoms with van der Waals surface area (Å²) in [5.41, 5.74) is 1.21. The Hall–Kier alpha value is -0.610. The summed E-state index contributed by atoms with van der Waals surface area (Å²) >= 11 is 6.26. The van der Waals surface area contributed by atoms with Crippen molar-refractivity contribution in [1.29, 1.82) is 0 Å². The summed E-state index contributed by atoms with van der Waals surface area (Å²) in [7, 11) is 1.72. The molecule has 1 atom stereocenters. The molecule has 4 heteroatoms. The summed E-state index contributed by atoms with van der Waals surface area (Å²) < 4.78 is 10.7. The van der Waals surface area contributed by atoms with Gasteiger partial charge in [-0.05, 0) is 50.8 Å². The van der Waals surface area contributed by atoms with E-state index in [2.05, 4.69) is 25.2 Å². The first-order valence-electron chi connectivity index (χ1n) is 7.68. The van der Waals surface area contributed by atoms with Crippen LogP contribution >= 0.6 is 11.6 Å². The fourth-order valence-electron chi connectivity index (χ4n) is 2.20. The topological polar surface area (TPSA) is 30.5 Å². The lowest BCUT2D eigenvalue weighted by Gasteiger charge is -2.19. The highest BCUT2D eigenvalue weighted by molar-refractivity contribution is 6.31. The monoisotopic (exact) mass is 313 g/mol. The summed E-state index contributed by atoms with van der Waals surface area (Å²) in [6.45, 7) is 7.50. The third-order valence-electron chi connectivity index (χ3n) is 3.36. The van der Waals surface area contributed by atoms with E-state index in [1.807, 2.05) is 18.2 Å². The molecule has 0 saturated carbocycles. The fourth-order valence-corrected chi connectivity index (χ4v) is 2.41. The Bertz CT molecular complexity index is 385. The molecular weight excluding hydrogens is 286 g/mol. The van der Waals surface area contributed by atoms with Gasteiger partial charge in [-0.15, -0.1) is 0 Å². The highest BCUT2D eigenvalue weighted by Gasteiger charge is 2.12. The molecule has 0 spiro atoms. The minimum Gasteiger partial charge on any atom is -0.383 e. The van der Waals surface area contributed by atoms with Crippen LogP contribution in [0.25, 0.3) is 0 Å². The van der Waals surface area contributed by atoms with E-state index in [0.29, 0.717) is 5.92 Å². The van der Waals surface area contributed by atoms with E-state index in [9.17, 15) is 0 Å². The summed E-state index contributed by atoms with van der Waals surface area (Å²) in [5, 5.41) is 4.29. The molecule has 0 aliphatic heterocycles. The molecule has 1 N–H and O–H groups in total. The second kappa shape index (κ2) is 11.0. The number of hydrogen-bond acceptors (Lipinski definition) is 3. The summed E-state index contributed by atoms with van der Waals surface area (Å²) in [4.78, 5) is 0. The van der Waals surface area contributed by atoms with Crippen molar-refractivity contribution in [2.45, 2.75) is 32.8 Å². The molecular formula is C17H28ClNO2. The van der Waals surface area contributed by atoms with Gasteiger partial charge in [0.2, 0.25) is 0 Å². The molecule has 0 bridgehead atoms. The Kier molecular flexibility index (Phi) is 9.68. The Morgan fingerprint density at radius 1 is 1.19 bits per heavy atom. The second-order valence-corrected chi connectivity index (χ2v) is 5.97. The SMILES string of the molecule is COCCNCC(CCOC(C)C)Cc1ccccc1Cl. The van der Waals surface area contributed by atoms with Gasteiger partial charge in [0.25, 0.3) is 0 Å². The third kappa shape index (κ3) is 8.42. The average Bonchev–Trinajstić information content (AvgIpc) is 2.45. The van der Waals surface area contributed by atoms with Gasteiger partial charge in [0.1, 0.15) is 0 Å². The van der Waals surface area contributed by atoms with Gasteiger partial charge >= 0.3 is 0 Å². The van der Waals surface area contributed by atoms with Crippen LogP contribution in [0, 0.1) is 5.92 Å². The maximum absolute atomic E-state index is 6.26. The average molecular weight is 314 g/mol. The van der Waals surface area contributed by atoms with Crippen molar-refractivity contribution in [2.75, 3.05) is 33.4 Å². The maximum atomic E-state index is 6.26. The minimum absolute atomic E-state index is 0.285. The Balaban J connectivity index is 2.47. The van der Waals surface area contributed by atoms with Gasteiger partial charge in [-0.2, -0.15) is 0 Å². The molecule has 0 aliphatic carbocycles. The van der Waals surface area contributed by atoms with E-state index in [4.69, 9.17) is 21.1 Å². The van der Waals surface area contributed by atoms with Crippen molar-refractivity contribution >= 4 is 11.6 Å². The van der Waals surface area contributed by atoms with E-state index >= 15 is 0 Å². The van der Waals surface area contributed by atoms with Crippen LogP contribution in [0.1, 0.15) is 25.8 Å². The Morgan fingerprint density at radius 2 is 1.95 bits per heavy atom.